The van der Waals surface area contributed by atoms with E-state index in [0.717, 1.165) is 0 Å². The molecule has 98 valence electrons. The van der Waals surface area contributed by atoms with Crippen molar-refractivity contribution in [1.29, 1.82) is 0 Å². The summed E-state index contributed by atoms with van der Waals surface area (Å²) in [6.45, 7) is 3.46. The predicted molar refractivity (Wildman–Crippen MR) is 72.1 cm³/mol. The van der Waals surface area contributed by atoms with Crippen LogP contribution < -0.4 is 0 Å². The molecule has 0 amide bonds. The number of fused-ring (bicyclic) bond motifs is 1. The topological polar surface area (TPSA) is 73.1 Å². The van der Waals surface area contributed by atoms with Crippen LogP contribution in [0.4, 0.5) is 5.69 Å². The average molecular weight is 258 g/mol. The number of nitro benzene ring substituents is 1. The number of carbonyl (C=O) groups is 1. The van der Waals surface area contributed by atoms with Crippen LogP contribution in [0.1, 0.15) is 31.7 Å². The molecule has 0 saturated carbocycles. The van der Waals surface area contributed by atoms with Crippen molar-refractivity contribution in [3.8, 4) is 0 Å². The van der Waals surface area contributed by atoms with Crippen LogP contribution in [0.2, 0.25) is 0 Å². The predicted octanol–water partition coefficient (Wildman–Crippen LogP) is 3.23. The number of aromatic nitrogens is 1. The van der Waals surface area contributed by atoms with E-state index < -0.39 is 10.8 Å². The Balaban J connectivity index is 2.71. The fourth-order valence-electron chi connectivity index (χ4n) is 2.19. The Morgan fingerprint density at radius 1 is 1.42 bits per heavy atom. The van der Waals surface area contributed by atoms with Crippen molar-refractivity contribution in [2.24, 2.45) is 0 Å². The van der Waals surface area contributed by atoms with Crippen LogP contribution in [-0.2, 0) is 4.79 Å². The van der Waals surface area contributed by atoms with Gasteiger partial charge in [0, 0.05) is 24.1 Å². The average Bonchev–Trinajstić information content (AvgIpc) is 2.44. The van der Waals surface area contributed by atoms with E-state index in [1.54, 1.807) is 44.3 Å². The lowest BCUT2D eigenvalue weighted by Crippen LogP contribution is -2.10. The molecule has 0 aliphatic carbocycles. The fourth-order valence-corrected chi connectivity index (χ4v) is 2.19. The molecule has 1 aromatic heterocycles. The van der Waals surface area contributed by atoms with Gasteiger partial charge in [-0.05, 0) is 24.3 Å². The van der Waals surface area contributed by atoms with Gasteiger partial charge in [-0.1, -0.05) is 13.8 Å². The van der Waals surface area contributed by atoms with Gasteiger partial charge in [0.15, 0.2) is 0 Å². The Morgan fingerprint density at radius 3 is 2.79 bits per heavy atom. The zero-order chi connectivity index (χ0) is 14.0. The molecule has 5 nitrogen and oxygen atoms in total. The second kappa shape index (κ2) is 5.14. The molecule has 1 unspecified atom stereocenters. The van der Waals surface area contributed by atoms with Crippen molar-refractivity contribution in [3.63, 3.8) is 0 Å². The summed E-state index contributed by atoms with van der Waals surface area (Å²) < 4.78 is 0. The van der Waals surface area contributed by atoms with Crippen LogP contribution >= 0.6 is 0 Å². The third kappa shape index (κ3) is 2.31. The number of nitrogens with zero attached hydrogens (tertiary/aromatic N) is 2. The smallest absolute Gasteiger partial charge is 0.282 e. The van der Waals surface area contributed by atoms with Gasteiger partial charge in [-0.25, -0.2) is 0 Å². The van der Waals surface area contributed by atoms with Gasteiger partial charge in [-0.3, -0.25) is 19.9 Å². The minimum Gasteiger partial charge on any atom is -0.299 e. The molecule has 5 heteroatoms. The first-order valence-electron chi connectivity index (χ1n) is 6.11. The molecule has 19 heavy (non-hydrogen) atoms. The first kappa shape index (κ1) is 13.1. The Hall–Kier alpha value is -2.30. The first-order valence-corrected chi connectivity index (χ1v) is 6.11. The molecule has 1 heterocycles. The molecule has 0 N–H and O–H groups in total. The molecule has 0 aliphatic heterocycles. The first-order chi connectivity index (χ1) is 9.06. The number of Topliss-reactive ketones (excluding diaryl/α,β-unsaturated/α-hetero) is 1. The Kier molecular flexibility index (Phi) is 3.55. The third-order valence-corrected chi connectivity index (χ3v) is 3.27. The van der Waals surface area contributed by atoms with E-state index >= 15 is 0 Å². The third-order valence-electron chi connectivity index (χ3n) is 3.27. The van der Waals surface area contributed by atoms with Crippen molar-refractivity contribution in [2.75, 3.05) is 0 Å². The van der Waals surface area contributed by atoms with Gasteiger partial charge in [0.05, 0.1) is 15.8 Å². The molecule has 0 radical (unpaired) electrons. The van der Waals surface area contributed by atoms with Crippen LogP contribution in [0.25, 0.3) is 10.9 Å². The molecule has 0 aliphatic rings. The van der Waals surface area contributed by atoms with E-state index in [1.165, 1.54) is 0 Å². The SMILES string of the molecule is CCC(=O)C(C)c1ccc2ncccc2c1[N+](=O)[O-]. The van der Waals surface area contributed by atoms with Crippen LogP contribution in [0.15, 0.2) is 30.5 Å². The monoisotopic (exact) mass is 258 g/mol. The molecule has 0 spiro atoms. The maximum atomic E-state index is 11.8. The summed E-state index contributed by atoms with van der Waals surface area (Å²) in [5.74, 6) is -0.485. The van der Waals surface area contributed by atoms with Crippen LogP contribution in [-0.4, -0.2) is 15.7 Å². The van der Waals surface area contributed by atoms with Gasteiger partial charge in [0.2, 0.25) is 0 Å². The number of rotatable bonds is 4. The van der Waals surface area contributed by atoms with Crippen molar-refractivity contribution >= 4 is 22.4 Å². The van der Waals surface area contributed by atoms with Gasteiger partial charge in [-0.2, -0.15) is 0 Å². The number of benzene rings is 1. The van der Waals surface area contributed by atoms with Gasteiger partial charge >= 0.3 is 0 Å². The van der Waals surface area contributed by atoms with Crippen LogP contribution in [0.5, 0.6) is 0 Å². The van der Waals surface area contributed by atoms with Crippen molar-refractivity contribution in [1.82, 2.24) is 4.98 Å². The largest absolute Gasteiger partial charge is 0.299 e. The highest BCUT2D eigenvalue weighted by atomic mass is 16.6. The molecule has 0 saturated heterocycles. The highest BCUT2D eigenvalue weighted by Gasteiger charge is 2.25. The molecule has 0 bridgehead atoms. The zero-order valence-electron chi connectivity index (χ0n) is 10.8. The standard InChI is InChI=1S/C14H14N2O3/c1-3-13(17)9(2)10-6-7-12-11(5-4-8-15-12)14(10)16(18)19/h4-9H,3H2,1-2H3. The number of pyridine rings is 1. The van der Waals surface area contributed by atoms with Gasteiger partial charge in [0.25, 0.3) is 5.69 Å². The van der Waals surface area contributed by atoms with Crippen molar-refractivity contribution < 1.29 is 9.72 Å². The maximum Gasteiger partial charge on any atom is 0.282 e. The van der Waals surface area contributed by atoms with Gasteiger partial charge < -0.3 is 0 Å². The molecule has 0 fully saturated rings. The van der Waals surface area contributed by atoms with Gasteiger partial charge in [-0.15, -0.1) is 0 Å². The second-order valence-electron chi connectivity index (χ2n) is 4.37. The van der Waals surface area contributed by atoms with Crippen LogP contribution in [0, 0.1) is 10.1 Å². The van der Waals surface area contributed by atoms with Crippen molar-refractivity contribution in [3.05, 3.63) is 46.1 Å². The van der Waals surface area contributed by atoms with E-state index in [-0.39, 0.29) is 11.5 Å². The summed E-state index contributed by atoms with van der Waals surface area (Å²) in [4.78, 5) is 26.8. The number of ketones is 1. The molecular formula is C14H14N2O3. The molecule has 1 atom stereocenters. The number of carbonyl (C=O) groups excluding carboxylic acids is 1. The molecular weight excluding hydrogens is 244 g/mol. The summed E-state index contributed by atoms with van der Waals surface area (Å²) in [6.07, 6.45) is 1.95. The number of nitro groups is 1. The van der Waals surface area contributed by atoms with Crippen LogP contribution in [0.3, 0.4) is 0 Å². The maximum absolute atomic E-state index is 11.8. The summed E-state index contributed by atoms with van der Waals surface area (Å²) >= 11 is 0. The van der Waals surface area contributed by atoms with Gasteiger partial charge in [0.1, 0.15) is 5.78 Å². The van der Waals surface area contributed by atoms with E-state index in [4.69, 9.17) is 0 Å². The number of hydrogen-bond donors (Lipinski definition) is 0. The summed E-state index contributed by atoms with van der Waals surface area (Å²) in [7, 11) is 0. The lowest BCUT2D eigenvalue weighted by molar-refractivity contribution is -0.383. The lowest BCUT2D eigenvalue weighted by atomic mass is 9.92. The molecule has 2 aromatic rings. The fraction of sp³-hybridized carbons (Fsp3) is 0.286. The zero-order valence-corrected chi connectivity index (χ0v) is 10.8. The normalized spacial score (nSPS) is 12.3. The minimum atomic E-state index is -0.477. The highest BCUT2D eigenvalue weighted by molar-refractivity contribution is 5.93. The summed E-state index contributed by atoms with van der Waals surface area (Å²) in [5.41, 5.74) is 1.01. The number of hydrogen-bond acceptors (Lipinski definition) is 4. The van der Waals surface area contributed by atoms with E-state index in [0.29, 0.717) is 22.9 Å². The minimum absolute atomic E-state index is 0.00802. The molecule has 1 aromatic carbocycles. The van der Waals surface area contributed by atoms with Crippen molar-refractivity contribution in [2.45, 2.75) is 26.2 Å². The quantitative estimate of drug-likeness (QED) is 0.623. The van der Waals surface area contributed by atoms with E-state index in [1.807, 2.05) is 0 Å². The Bertz CT molecular complexity index is 652. The summed E-state index contributed by atoms with van der Waals surface area (Å²) in [6, 6.07) is 6.67. The highest BCUT2D eigenvalue weighted by Crippen LogP contribution is 2.33. The molecule has 2 rings (SSSR count). The summed E-state index contributed by atoms with van der Waals surface area (Å²) in [5, 5.41) is 11.8. The van der Waals surface area contributed by atoms with E-state index in [2.05, 4.69) is 4.98 Å². The lowest BCUT2D eigenvalue weighted by Gasteiger charge is -2.11. The Morgan fingerprint density at radius 2 is 2.16 bits per heavy atom. The van der Waals surface area contributed by atoms with E-state index in [9.17, 15) is 14.9 Å². The second-order valence-corrected chi connectivity index (χ2v) is 4.37. The Labute approximate surface area is 110 Å².